The summed E-state index contributed by atoms with van der Waals surface area (Å²) in [5, 5.41) is 5.19. The molecule has 3 aromatic rings. The molecule has 5 nitrogen and oxygen atoms in total. The van der Waals surface area contributed by atoms with Gasteiger partial charge in [-0.2, -0.15) is 0 Å². The number of ether oxygens (including phenoxy) is 1. The molecule has 0 amide bonds. The maximum atomic E-state index is 12.9. The number of aromatic nitrogens is 3. The lowest BCUT2D eigenvalue weighted by atomic mass is 10.0. The fraction of sp³-hybridized carbons (Fsp3) is 0.429. The lowest BCUT2D eigenvalue weighted by molar-refractivity contribution is 0.200. The third kappa shape index (κ3) is 2.71. The SMILES string of the molecule is Cc1cc(C)c(-n2ccc3c(OC4CCCC4)nn(C)c(=O)c32)c(C)c1. The van der Waals surface area contributed by atoms with E-state index < -0.39 is 0 Å². The summed E-state index contributed by atoms with van der Waals surface area (Å²) >= 11 is 0. The largest absolute Gasteiger partial charge is 0.473 e. The van der Waals surface area contributed by atoms with Crippen LogP contribution in [0.2, 0.25) is 0 Å². The average Bonchev–Trinajstić information content (AvgIpc) is 3.21. The molecule has 0 spiro atoms. The Balaban J connectivity index is 1.93. The molecule has 0 aliphatic heterocycles. The van der Waals surface area contributed by atoms with Crippen molar-refractivity contribution < 1.29 is 4.74 Å². The Morgan fingerprint density at radius 2 is 1.77 bits per heavy atom. The van der Waals surface area contributed by atoms with E-state index in [1.807, 2.05) is 16.8 Å². The summed E-state index contributed by atoms with van der Waals surface area (Å²) in [5.41, 5.74) is 5.10. The molecule has 0 atom stereocenters. The van der Waals surface area contributed by atoms with Crippen molar-refractivity contribution >= 4 is 10.9 Å². The summed E-state index contributed by atoms with van der Waals surface area (Å²) < 4.78 is 9.55. The van der Waals surface area contributed by atoms with Crippen molar-refractivity contribution in [3.63, 3.8) is 0 Å². The van der Waals surface area contributed by atoms with Crippen LogP contribution in [0.3, 0.4) is 0 Å². The number of rotatable bonds is 3. The summed E-state index contributed by atoms with van der Waals surface area (Å²) in [5.74, 6) is 0.565. The maximum Gasteiger partial charge on any atom is 0.291 e. The minimum Gasteiger partial charge on any atom is -0.473 e. The van der Waals surface area contributed by atoms with Crippen molar-refractivity contribution in [2.75, 3.05) is 0 Å². The second kappa shape index (κ2) is 6.31. The van der Waals surface area contributed by atoms with E-state index in [2.05, 4.69) is 38.0 Å². The lowest BCUT2D eigenvalue weighted by Gasteiger charge is -2.16. The van der Waals surface area contributed by atoms with Gasteiger partial charge in [-0.1, -0.05) is 17.7 Å². The van der Waals surface area contributed by atoms with Gasteiger partial charge in [-0.15, -0.1) is 5.10 Å². The number of nitrogens with zero attached hydrogens (tertiary/aromatic N) is 3. The number of hydrogen-bond donors (Lipinski definition) is 0. The second-order valence-electron chi connectivity index (χ2n) is 7.45. The molecule has 1 saturated carbocycles. The molecule has 1 aliphatic rings. The van der Waals surface area contributed by atoms with E-state index in [1.54, 1.807) is 7.05 Å². The first-order valence-electron chi connectivity index (χ1n) is 9.29. The Labute approximate surface area is 153 Å². The topological polar surface area (TPSA) is 49.0 Å². The Morgan fingerprint density at radius 1 is 1.12 bits per heavy atom. The smallest absolute Gasteiger partial charge is 0.291 e. The number of fused-ring (bicyclic) bond motifs is 1. The molecule has 5 heteroatoms. The van der Waals surface area contributed by atoms with Crippen LogP contribution >= 0.6 is 0 Å². The molecule has 2 aromatic heterocycles. The van der Waals surface area contributed by atoms with Gasteiger partial charge >= 0.3 is 0 Å². The van der Waals surface area contributed by atoms with Crippen molar-refractivity contribution in [1.82, 2.24) is 14.3 Å². The van der Waals surface area contributed by atoms with Crippen LogP contribution in [0, 0.1) is 20.8 Å². The van der Waals surface area contributed by atoms with E-state index in [-0.39, 0.29) is 11.7 Å². The van der Waals surface area contributed by atoms with Gasteiger partial charge < -0.3 is 9.30 Å². The third-order valence-corrected chi connectivity index (χ3v) is 5.31. The molecule has 0 radical (unpaired) electrons. The van der Waals surface area contributed by atoms with Crippen LogP contribution < -0.4 is 10.3 Å². The highest BCUT2D eigenvalue weighted by Crippen LogP contribution is 2.30. The molecule has 26 heavy (non-hydrogen) atoms. The monoisotopic (exact) mass is 351 g/mol. The van der Waals surface area contributed by atoms with Crippen LogP contribution in [-0.2, 0) is 7.05 Å². The summed E-state index contributed by atoms with van der Waals surface area (Å²) in [7, 11) is 1.69. The molecule has 1 fully saturated rings. The van der Waals surface area contributed by atoms with Crippen LogP contribution in [-0.4, -0.2) is 20.5 Å². The maximum absolute atomic E-state index is 12.9. The van der Waals surface area contributed by atoms with Crippen molar-refractivity contribution in [3.8, 4) is 11.6 Å². The molecule has 0 N–H and O–H groups in total. The van der Waals surface area contributed by atoms with Crippen LogP contribution in [0.1, 0.15) is 42.4 Å². The molecule has 0 saturated heterocycles. The summed E-state index contributed by atoms with van der Waals surface area (Å²) in [4.78, 5) is 12.9. The fourth-order valence-electron chi connectivity index (χ4n) is 4.20. The molecule has 2 heterocycles. The van der Waals surface area contributed by atoms with Gasteiger partial charge in [-0.3, -0.25) is 4.79 Å². The molecule has 136 valence electrons. The zero-order chi connectivity index (χ0) is 18.4. The van der Waals surface area contributed by atoms with Crippen LogP contribution in [0.25, 0.3) is 16.6 Å². The minimum atomic E-state index is -0.108. The Hall–Kier alpha value is -2.56. The van der Waals surface area contributed by atoms with Gasteiger partial charge in [-0.25, -0.2) is 4.68 Å². The average molecular weight is 351 g/mol. The van der Waals surface area contributed by atoms with Gasteiger partial charge in [0.1, 0.15) is 11.6 Å². The van der Waals surface area contributed by atoms with Crippen LogP contribution in [0.4, 0.5) is 0 Å². The van der Waals surface area contributed by atoms with Gasteiger partial charge in [0.05, 0.1) is 11.1 Å². The van der Waals surface area contributed by atoms with E-state index >= 15 is 0 Å². The predicted octanol–water partition coefficient (Wildman–Crippen LogP) is 3.97. The fourth-order valence-corrected chi connectivity index (χ4v) is 4.20. The molecule has 1 aromatic carbocycles. The molecular weight excluding hydrogens is 326 g/mol. The van der Waals surface area contributed by atoms with E-state index in [9.17, 15) is 4.79 Å². The number of aryl methyl sites for hydroxylation is 4. The van der Waals surface area contributed by atoms with Crippen LogP contribution in [0.15, 0.2) is 29.2 Å². The van der Waals surface area contributed by atoms with Crippen molar-refractivity contribution in [3.05, 3.63) is 51.4 Å². The van der Waals surface area contributed by atoms with Gasteiger partial charge in [-0.05, 0) is 63.6 Å². The third-order valence-electron chi connectivity index (χ3n) is 5.31. The zero-order valence-electron chi connectivity index (χ0n) is 15.9. The van der Waals surface area contributed by atoms with Crippen molar-refractivity contribution in [2.24, 2.45) is 7.05 Å². The van der Waals surface area contributed by atoms with Gasteiger partial charge in [0.15, 0.2) is 0 Å². The highest BCUT2D eigenvalue weighted by atomic mass is 16.5. The molecule has 0 bridgehead atoms. The predicted molar refractivity (Wildman–Crippen MR) is 103 cm³/mol. The summed E-state index contributed by atoms with van der Waals surface area (Å²) in [6, 6.07) is 6.25. The van der Waals surface area contributed by atoms with E-state index in [0.29, 0.717) is 11.4 Å². The Bertz CT molecular complexity index is 1020. The van der Waals surface area contributed by atoms with E-state index in [4.69, 9.17) is 4.74 Å². The van der Waals surface area contributed by atoms with Gasteiger partial charge in [0.25, 0.3) is 5.56 Å². The Kier molecular flexibility index (Phi) is 4.10. The summed E-state index contributed by atoms with van der Waals surface area (Å²) in [6.45, 7) is 6.26. The standard InChI is InChI=1S/C21H25N3O2/c1-13-11-14(2)18(15(3)12-13)24-10-9-17-19(24)21(25)23(4)22-20(17)26-16-7-5-6-8-16/h9-12,16H,5-8H2,1-4H3. The first-order valence-corrected chi connectivity index (χ1v) is 9.29. The Morgan fingerprint density at radius 3 is 2.42 bits per heavy atom. The lowest BCUT2D eigenvalue weighted by Crippen LogP contribution is -2.24. The van der Waals surface area contributed by atoms with Crippen molar-refractivity contribution in [1.29, 1.82) is 0 Å². The van der Waals surface area contributed by atoms with Gasteiger partial charge in [0.2, 0.25) is 5.88 Å². The quantitative estimate of drug-likeness (QED) is 0.717. The number of benzene rings is 1. The van der Waals surface area contributed by atoms with Gasteiger partial charge in [0, 0.05) is 13.2 Å². The number of hydrogen-bond acceptors (Lipinski definition) is 3. The van der Waals surface area contributed by atoms with E-state index in [0.717, 1.165) is 35.0 Å². The highest BCUT2D eigenvalue weighted by molar-refractivity contribution is 5.86. The van der Waals surface area contributed by atoms with Crippen molar-refractivity contribution in [2.45, 2.75) is 52.6 Å². The second-order valence-corrected chi connectivity index (χ2v) is 7.45. The van der Waals surface area contributed by atoms with Crippen LogP contribution in [0.5, 0.6) is 5.88 Å². The summed E-state index contributed by atoms with van der Waals surface area (Å²) in [6.07, 6.45) is 6.67. The molecule has 0 unspecified atom stereocenters. The first kappa shape index (κ1) is 16.9. The molecule has 4 rings (SSSR count). The molecule has 1 aliphatic carbocycles. The first-order chi connectivity index (χ1) is 12.5. The zero-order valence-corrected chi connectivity index (χ0v) is 15.9. The minimum absolute atomic E-state index is 0.108. The highest BCUT2D eigenvalue weighted by Gasteiger charge is 2.22. The molecular formula is C21H25N3O2. The normalized spacial score (nSPS) is 15.1. The van der Waals surface area contributed by atoms with E-state index in [1.165, 1.54) is 23.1 Å².